The predicted molar refractivity (Wildman–Crippen MR) is 107 cm³/mol. The Morgan fingerprint density at radius 2 is 2.00 bits per heavy atom. The molecule has 1 amide bonds. The zero-order valence-electron chi connectivity index (χ0n) is 16.6. The minimum absolute atomic E-state index is 0.000720. The van der Waals surface area contributed by atoms with E-state index in [0.717, 1.165) is 4.88 Å². The molecule has 1 fully saturated rings. The normalized spacial score (nSPS) is 23.9. The fourth-order valence-corrected chi connectivity index (χ4v) is 5.14. The van der Waals surface area contributed by atoms with Gasteiger partial charge in [0.25, 0.3) is 5.91 Å². The number of carboxylic acids is 1. The molecule has 0 spiro atoms. The van der Waals surface area contributed by atoms with Crippen LogP contribution in [0.15, 0.2) is 42.0 Å². The molecule has 0 aliphatic carbocycles. The lowest BCUT2D eigenvalue weighted by Gasteiger charge is -2.39. The Morgan fingerprint density at radius 3 is 2.52 bits per heavy atom. The van der Waals surface area contributed by atoms with Crippen molar-refractivity contribution in [1.82, 2.24) is 9.88 Å². The molecule has 1 N–H and O–H groups in total. The van der Waals surface area contributed by atoms with Crippen LogP contribution in [0.3, 0.4) is 0 Å². The summed E-state index contributed by atoms with van der Waals surface area (Å²) in [6, 6.07) is 6.05. The summed E-state index contributed by atoms with van der Waals surface area (Å²) >= 11 is 1.39. The number of hydrogen-bond donors (Lipinski definition) is 1. The maximum atomic E-state index is 13.6. The van der Waals surface area contributed by atoms with E-state index in [-0.39, 0.29) is 18.8 Å². The molecule has 29 heavy (non-hydrogen) atoms. The van der Waals surface area contributed by atoms with Crippen molar-refractivity contribution in [1.29, 1.82) is 0 Å². The van der Waals surface area contributed by atoms with Crippen LogP contribution in [0.4, 0.5) is 0 Å². The quantitative estimate of drug-likeness (QED) is 0.725. The summed E-state index contributed by atoms with van der Waals surface area (Å²) in [5, 5.41) is 12.2. The average molecular weight is 416 g/mol. The molecular weight excluding hydrogens is 392 g/mol. The standard InChI is InChI=1S/C21H24N2O5S/c1-13(2)11-21(20(26)27)12-15(19(25)28-3)17(16-5-4-10-29-16)23(21)18(24)14-6-8-22-9-7-14/h4-10,13,15,17H,11-12H2,1-3H3,(H,26,27). The number of carbonyl (C=O) groups is 3. The molecule has 0 aromatic carbocycles. The van der Waals surface area contributed by atoms with Gasteiger partial charge in [0.1, 0.15) is 5.54 Å². The van der Waals surface area contributed by atoms with Gasteiger partial charge < -0.3 is 14.7 Å². The maximum absolute atomic E-state index is 13.6. The molecular formula is C21H24N2O5S. The third-order valence-corrected chi connectivity index (χ3v) is 6.25. The Kier molecular flexibility index (Phi) is 6.02. The molecule has 2 aromatic heterocycles. The molecule has 0 saturated carbocycles. The van der Waals surface area contributed by atoms with Gasteiger partial charge >= 0.3 is 11.9 Å². The number of pyridine rings is 1. The molecule has 3 heterocycles. The maximum Gasteiger partial charge on any atom is 0.329 e. The lowest BCUT2D eigenvalue weighted by atomic mass is 9.83. The van der Waals surface area contributed by atoms with Crippen molar-refractivity contribution in [2.75, 3.05) is 7.11 Å². The molecule has 154 valence electrons. The van der Waals surface area contributed by atoms with Gasteiger partial charge in [-0.25, -0.2) is 4.79 Å². The van der Waals surface area contributed by atoms with E-state index in [0.29, 0.717) is 5.56 Å². The third-order valence-electron chi connectivity index (χ3n) is 5.31. The molecule has 3 unspecified atom stereocenters. The van der Waals surface area contributed by atoms with Crippen molar-refractivity contribution in [2.24, 2.45) is 11.8 Å². The Balaban J connectivity index is 2.22. The highest BCUT2D eigenvalue weighted by Crippen LogP contribution is 2.51. The van der Waals surface area contributed by atoms with E-state index in [2.05, 4.69) is 4.98 Å². The number of rotatable bonds is 6. The Hall–Kier alpha value is -2.74. The number of nitrogens with zero attached hydrogens (tertiary/aromatic N) is 2. The second-order valence-corrected chi connectivity index (χ2v) is 8.62. The first kappa shape index (κ1) is 21.0. The van der Waals surface area contributed by atoms with Gasteiger partial charge in [0, 0.05) is 22.8 Å². The molecule has 1 saturated heterocycles. The number of carboxylic acid groups (broad SMARTS) is 1. The van der Waals surface area contributed by atoms with Gasteiger partial charge in [-0.3, -0.25) is 14.6 Å². The number of hydrogen-bond acceptors (Lipinski definition) is 6. The fraction of sp³-hybridized carbons (Fsp3) is 0.429. The summed E-state index contributed by atoms with van der Waals surface area (Å²) in [5.74, 6) is -2.82. The number of methoxy groups -OCH3 is 1. The van der Waals surface area contributed by atoms with E-state index >= 15 is 0 Å². The SMILES string of the molecule is COC(=O)C1CC(CC(C)C)(C(=O)O)N(C(=O)c2ccncc2)C1c1cccs1. The summed E-state index contributed by atoms with van der Waals surface area (Å²) in [6.07, 6.45) is 3.22. The smallest absolute Gasteiger partial charge is 0.329 e. The molecule has 1 aliphatic heterocycles. The predicted octanol–water partition coefficient (Wildman–Crippen LogP) is 3.39. The molecule has 0 bridgehead atoms. The van der Waals surface area contributed by atoms with Gasteiger partial charge in [-0.2, -0.15) is 0 Å². The van der Waals surface area contributed by atoms with Crippen LogP contribution in [-0.4, -0.2) is 45.5 Å². The highest BCUT2D eigenvalue weighted by Gasteiger charge is 2.61. The molecule has 2 aromatic rings. The average Bonchev–Trinajstić information content (AvgIpc) is 3.33. The Labute approximate surface area is 173 Å². The molecule has 1 aliphatic rings. The van der Waals surface area contributed by atoms with Gasteiger partial charge in [0.2, 0.25) is 0 Å². The fourth-order valence-electron chi connectivity index (χ4n) is 4.26. The van der Waals surface area contributed by atoms with Crippen molar-refractivity contribution in [3.05, 3.63) is 52.5 Å². The number of esters is 1. The first-order valence-corrected chi connectivity index (χ1v) is 10.3. The van der Waals surface area contributed by atoms with Crippen LogP contribution in [0, 0.1) is 11.8 Å². The number of aromatic nitrogens is 1. The molecule has 0 radical (unpaired) electrons. The van der Waals surface area contributed by atoms with Crippen molar-refractivity contribution in [2.45, 2.75) is 38.3 Å². The summed E-state index contributed by atoms with van der Waals surface area (Å²) in [7, 11) is 1.28. The monoisotopic (exact) mass is 416 g/mol. The van der Waals surface area contributed by atoms with E-state index in [4.69, 9.17) is 4.74 Å². The molecule has 3 rings (SSSR count). The van der Waals surface area contributed by atoms with E-state index in [1.54, 1.807) is 12.1 Å². The largest absolute Gasteiger partial charge is 0.479 e. The Bertz CT molecular complexity index is 884. The first-order valence-electron chi connectivity index (χ1n) is 9.40. The second kappa shape index (κ2) is 8.32. The second-order valence-electron chi connectivity index (χ2n) is 7.64. The number of aliphatic carboxylic acids is 1. The van der Waals surface area contributed by atoms with Crippen molar-refractivity contribution in [3.8, 4) is 0 Å². The van der Waals surface area contributed by atoms with Crippen LogP contribution < -0.4 is 0 Å². The summed E-state index contributed by atoms with van der Waals surface area (Å²) in [4.78, 5) is 45.0. The van der Waals surface area contributed by atoms with Gasteiger partial charge in [0.15, 0.2) is 0 Å². The van der Waals surface area contributed by atoms with Crippen LogP contribution in [0.25, 0.3) is 0 Å². The van der Waals surface area contributed by atoms with Crippen molar-refractivity contribution >= 4 is 29.2 Å². The highest BCUT2D eigenvalue weighted by molar-refractivity contribution is 7.10. The Morgan fingerprint density at radius 1 is 1.31 bits per heavy atom. The minimum atomic E-state index is -1.51. The van der Waals surface area contributed by atoms with Crippen LogP contribution in [0.1, 0.15) is 48.0 Å². The lowest BCUT2D eigenvalue weighted by molar-refractivity contribution is -0.150. The zero-order valence-corrected chi connectivity index (χ0v) is 17.4. The zero-order chi connectivity index (χ0) is 21.2. The van der Waals surface area contributed by atoms with Crippen LogP contribution in [-0.2, 0) is 14.3 Å². The van der Waals surface area contributed by atoms with Gasteiger partial charge in [-0.1, -0.05) is 19.9 Å². The molecule has 8 heteroatoms. The number of likely N-dealkylation sites (tertiary alicyclic amines) is 1. The summed E-state index contributed by atoms with van der Waals surface area (Å²) in [6.45, 7) is 3.82. The number of ether oxygens (including phenoxy) is 1. The van der Waals surface area contributed by atoms with Gasteiger partial charge in [0.05, 0.1) is 19.1 Å². The number of thiophene rings is 1. The third kappa shape index (κ3) is 3.76. The van der Waals surface area contributed by atoms with Gasteiger partial charge in [-0.15, -0.1) is 11.3 Å². The van der Waals surface area contributed by atoms with Crippen LogP contribution in [0.2, 0.25) is 0 Å². The van der Waals surface area contributed by atoms with Crippen molar-refractivity contribution in [3.63, 3.8) is 0 Å². The molecule has 7 nitrogen and oxygen atoms in total. The highest BCUT2D eigenvalue weighted by atomic mass is 32.1. The van der Waals surface area contributed by atoms with Crippen LogP contribution >= 0.6 is 11.3 Å². The van der Waals surface area contributed by atoms with E-state index in [1.165, 1.54) is 35.7 Å². The minimum Gasteiger partial charge on any atom is -0.479 e. The van der Waals surface area contributed by atoms with E-state index < -0.39 is 35.3 Å². The van der Waals surface area contributed by atoms with E-state index in [9.17, 15) is 19.5 Å². The topological polar surface area (TPSA) is 96.8 Å². The number of amides is 1. The van der Waals surface area contributed by atoms with Crippen LogP contribution in [0.5, 0.6) is 0 Å². The first-order chi connectivity index (χ1) is 13.8. The van der Waals surface area contributed by atoms with E-state index in [1.807, 2.05) is 31.4 Å². The van der Waals surface area contributed by atoms with Gasteiger partial charge in [-0.05, 0) is 42.3 Å². The lowest BCUT2D eigenvalue weighted by Crippen LogP contribution is -2.54. The number of carbonyl (C=O) groups excluding carboxylic acids is 2. The van der Waals surface area contributed by atoms with Crippen molar-refractivity contribution < 1.29 is 24.2 Å². The summed E-state index contributed by atoms with van der Waals surface area (Å²) < 4.78 is 5.00. The molecule has 3 atom stereocenters. The summed E-state index contributed by atoms with van der Waals surface area (Å²) in [5.41, 5.74) is -1.18.